The fraction of sp³-hybridized carbons (Fsp3) is 0.115. The van der Waals surface area contributed by atoms with Crippen molar-refractivity contribution < 1.29 is 9.59 Å². The largest absolute Gasteiger partial charge is 0.384 e. The minimum Gasteiger partial charge on any atom is -0.384 e. The van der Waals surface area contributed by atoms with Gasteiger partial charge < -0.3 is 21.4 Å². The second-order valence-electron chi connectivity index (χ2n) is 7.86. The molecule has 166 valence electrons. The van der Waals surface area contributed by atoms with E-state index in [1.807, 2.05) is 65.2 Å². The number of carbonyl (C=O) groups excluding carboxylic acids is 2. The Kier molecular flexibility index (Phi) is 6.22. The van der Waals surface area contributed by atoms with Gasteiger partial charge in [-0.2, -0.15) is 0 Å². The highest BCUT2D eigenvalue weighted by Gasteiger charge is 2.17. The van der Waals surface area contributed by atoms with E-state index in [1.54, 1.807) is 18.2 Å². The standard InChI is InChI=1S/C26H25N5O2/c27-24(28)21-11-10-20-14-23(26(33)30-13-12-17-4-2-1-3-5-17)31(22(20)15-21)16-18-6-8-19(9-7-18)25(29)32/h1-11,14-15H,12-13,16H2,(H3,27,28)(H2,29,32)(H,30,33). The number of nitrogens with two attached hydrogens (primary N) is 2. The Morgan fingerprint density at radius 1 is 0.848 bits per heavy atom. The lowest BCUT2D eigenvalue weighted by molar-refractivity contribution is 0.0944. The Bertz CT molecular complexity index is 1320. The van der Waals surface area contributed by atoms with Gasteiger partial charge >= 0.3 is 0 Å². The molecule has 0 aliphatic rings. The van der Waals surface area contributed by atoms with Crippen LogP contribution in [0, 0.1) is 5.41 Å². The van der Waals surface area contributed by atoms with E-state index in [0.29, 0.717) is 29.9 Å². The first-order chi connectivity index (χ1) is 15.9. The number of hydrogen-bond acceptors (Lipinski definition) is 3. The number of aromatic nitrogens is 1. The lowest BCUT2D eigenvalue weighted by Gasteiger charge is -2.12. The van der Waals surface area contributed by atoms with Gasteiger partial charge in [-0.1, -0.05) is 54.6 Å². The maximum Gasteiger partial charge on any atom is 0.267 e. The summed E-state index contributed by atoms with van der Waals surface area (Å²) in [5, 5.41) is 11.7. The van der Waals surface area contributed by atoms with Gasteiger partial charge in [0.1, 0.15) is 11.5 Å². The minimum absolute atomic E-state index is 0.0377. The molecule has 0 saturated carbocycles. The molecule has 4 rings (SSSR count). The van der Waals surface area contributed by atoms with Crippen molar-refractivity contribution in [3.8, 4) is 0 Å². The zero-order valence-electron chi connectivity index (χ0n) is 18.0. The van der Waals surface area contributed by atoms with Crippen LogP contribution >= 0.6 is 0 Å². The van der Waals surface area contributed by atoms with Crippen LogP contribution in [0.15, 0.2) is 78.9 Å². The average Bonchev–Trinajstić information content (AvgIpc) is 3.17. The predicted molar refractivity (Wildman–Crippen MR) is 129 cm³/mol. The maximum atomic E-state index is 13.1. The number of nitrogen functional groups attached to an aromatic ring is 1. The molecule has 0 fully saturated rings. The second kappa shape index (κ2) is 9.40. The summed E-state index contributed by atoms with van der Waals surface area (Å²) in [4.78, 5) is 24.5. The zero-order valence-corrected chi connectivity index (χ0v) is 18.0. The van der Waals surface area contributed by atoms with Gasteiger partial charge in [-0.05, 0) is 41.8 Å². The third-order valence-corrected chi connectivity index (χ3v) is 5.57. The molecule has 0 aliphatic heterocycles. The summed E-state index contributed by atoms with van der Waals surface area (Å²) in [5.74, 6) is -0.706. The number of amides is 2. The van der Waals surface area contributed by atoms with Crippen LogP contribution in [0.1, 0.15) is 37.5 Å². The fourth-order valence-electron chi connectivity index (χ4n) is 3.79. The van der Waals surface area contributed by atoms with Crippen molar-refractivity contribution in [2.75, 3.05) is 6.54 Å². The number of amidine groups is 1. The van der Waals surface area contributed by atoms with Crippen LogP contribution in [-0.2, 0) is 13.0 Å². The third kappa shape index (κ3) is 4.93. The van der Waals surface area contributed by atoms with Gasteiger partial charge in [-0.3, -0.25) is 15.0 Å². The molecular formula is C26H25N5O2. The molecule has 1 heterocycles. The summed E-state index contributed by atoms with van der Waals surface area (Å²) < 4.78 is 1.90. The van der Waals surface area contributed by atoms with E-state index in [2.05, 4.69) is 5.32 Å². The summed E-state index contributed by atoms with van der Waals surface area (Å²) in [6.45, 7) is 0.918. The van der Waals surface area contributed by atoms with Crippen molar-refractivity contribution in [3.05, 3.63) is 107 Å². The molecule has 0 unspecified atom stereocenters. The summed E-state index contributed by atoms with van der Waals surface area (Å²) in [6.07, 6.45) is 0.732. The third-order valence-electron chi connectivity index (χ3n) is 5.57. The normalized spacial score (nSPS) is 10.8. The molecule has 0 radical (unpaired) electrons. The molecule has 0 atom stereocenters. The number of rotatable bonds is 8. The number of fused-ring (bicyclic) bond motifs is 1. The molecule has 0 bridgehead atoms. The predicted octanol–water partition coefficient (Wildman–Crippen LogP) is 3.05. The Morgan fingerprint density at radius 2 is 1.55 bits per heavy atom. The molecule has 0 aliphatic carbocycles. The van der Waals surface area contributed by atoms with E-state index in [9.17, 15) is 9.59 Å². The van der Waals surface area contributed by atoms with Crippen LogP contribution in [0.5, 0.6) is 0 Å². The fourth-order valence-corrected chi connectivity index (χ4v) is 3.79. The number of hydrogen-bond donors (Lipinski definition) is 4. The van der Waals surface area contributed by atoms with Crippen molar-refractivity contribution in [2.45, 2.75) is 13.0 Å². The van der Waals surface area contributed by atoms with E-state index < -0.39 is 5.91 Å². The summed E-state index contributed by atoms with van der Waals surface area (Å²) in [7, 11) is 0. The van der Waals surface area contributed by atoms with Gasteiger partial charge in [0.2, 0.25) is 5.91 Å². The van der Waals surface area contributed by atoms with Crippen molar-refractivity contribution >= 4 is 28.6 Å². The van der Waals surface area contributed by atoms with Gasteiger partial charge in [-0.25, -0.2) is 0 Å². The number of primary amides is 1. The number of carbonyl (C=O) groups is 2. The second-order valence-corrected chi connectivity index (χ2v) is 7.86. The van der Waals surface area contributed by atoms with Crippen LogP contribution in [0.4, 0.5) is 0 Å². The Hall–Kier alpha value is -4.39. The van der Waals surface area contributed by atoms with E-state index in [1.165, 1.54) is 0 Å². The quantitative estimate of drug-likeness (QED) is 0.249. The molecular weight excluding hydrogens is 414 g/mol. The first-order valence-electron chi connectivity index (χ1n) is 10.6. The molecule has 2 amide bonds. The van der Waals surface area contributed by atoms with Crippen molar-refractivity contribution in [2.24, 2.45) is 11.5 Å². The molecule has 6 N–H and O–H groups in total. The highest BCUT2D eigenvalue weighted by Crippen LogP contribution is 2.23. The highest BCUT2D eigenvalue weighted by atomic mass is 16.2. The molecule has 4 aromatic rings. The molecule has 33 heavy (non-hydrogen) atoms. The SMILES string of the molecule is N=C(N)c1ccc2cc(C(=O)NCCc3ccccc3)n(Cc3ccc(C(N)=O)cc3)c2c1. The van der Waals surface area contributed by atoms with E-state index in [0.717, 1.165) is 28.5 Å². The van der Waals surface area contributed by atoms with E-state index >= 15 is 0 Å². The molecule has 3 aromatic carbocycles. The number of benzene rings is 3. The van der Waals surface area contributed by atoms with Gasteiger partial charge in [-0.15, -0.1) is 0 Å². The van der Waals surface area contributed by atoms with Crippen LogP contribution in [0.3, 0.4) is 0 Å². The van der Waals surface area contributed by atoms with Crippen LogP contribution in [-0.4, -0.2) is 28.8 Å². The molecule has 1 aromatic heterocycles. The van der Waals surface area contributed by atoms with E-state index in [-0.39, 0.29) is 11.7 Å². The molecule has 0 saturated heterocycles. The number of nitrogens with one attached hydrogen (secondary N) is 2. The summed E-state index contributed by atoms with van der Waals surface area (Å²) in [5.41, 5.74) is 15.4. The van der Waals surface area contributed by atoms with Crippen LogP contribution < -0.4 is 16.8 Å². The minimum atomic E-state index is -0.488. The van der Waals surface area contributed by atoms with E-state index in [4.69, 9.17) is 16.9 Å². The topological polar surface area (TPSA) is 127 Å². The maximum absolute atomic E-state index is 13.1. The Balaban J connectivity index is 1.64. The first kappa shape index (κ1) is 21.8. The van der Waals surface area contributed by atoms with Crippen molar-refractivity contribution in [3.63, 3.8) is 0 Å². The number of nitrogens with zero attached hydrogens (tertiary/aromatic N) is 1. The smallest absolute Gasteiger partial charge is 0.267 e. The zero-order chi connectivity index (χ0) is 23.4. The Morgan fingerprint density at radius 3 is 2.21 bits per heavy atom. The summed E-state index contributed by atoms with van der Waals surface area (Å²) >= 11 is 0. The summed E-state index contributed by atoms with van der Waals surface area (Å²) in [6, 6.07) is 24.2. The average molecular weight is 440 g/mol. The molecule has 7 nitrogen and oxygen atoms in total. The van der Waals surface area contributed by atoms with Crippen LogP contribution in [0.25, 0.3) is 10.9 Å². The lowest BCUT2D eigenvalue weighted by atomic mass is 10.1. The van der Waals surface area contributed by atoms with Gasteiger partial charge in [0.05, 0.1) is 0 Å². The monoisotopic (exact) mass is 439 g/mol. The van der Waals surface area contributed by atoms with Gasteiger partial charge in [0.25, 0.3) is 5.91 Å². The Labute approximate surface area is 191 Å². The highest BCUT2D eigenvalue weighted by molar-refractivity contribution is 6.02. The van der Waals surface area contributed by atoms with Crippen LogP contribution in [0.2, 0.25) is 0 Å². The molecule has 0 spiro atoms. The van der Waals surface area contributed by atoms with Crippen molar-refractivity contribution in [1.82, 2.24) is 9.88 Å². The van der Waals surface area contributed by atoms with Gasteiger partial charge in [0.15, 0.2) is 0 Å². The van der Waals surface area contributed by atoms with Gasteiger partial charge in [0, 0.05) is 35.1 Å². The lowest BCUT2D eigenvalue weighted by Crippen LogP contribution is -2.28. The first-order valence-corrected chi connectivity index (χ1v) is 10.6. The van der Waals surface area contributed by atoms with Crippen molar-refractivity contribution in [1.29, 1.82) is 5.41 Å². The molecule has 7 heteroatoms.